The van der Waals surface area contributed by atoms with E-state index >= 15 is 0 Å². The van der Waals surface area contributed by atoms with Crippen LogP contribution in [0.15, 0.2) is 121 Å². The first kappa shape index (κ1) is 38.0. The van der Waals surface area contributed by atoms with Gasteiger partial charge < -0.3 is 9.97 Å². The molecule has 4 fully saturated rings. The highest BCUT2D eigenvalue weighted by Crippen LogP contribution is 2.50. The average Bonchev–Trinajstić information content (AvgIpc) is 4.27. The van der Waals surface area contributed by atoms with E-state index in [1.807, 2.05) is 0 Å². The first-order valence-electron chi connectivity index (χ1n) is 24.0. The number of hydrogen-bond donors (Lipinski definition) is 2. The van der Waals surface area contributed by atoms with E-state index in [9.17, 15) is 0 Å². The van der Waals surface area contributed by atoms with Gasteiger partial charge in [0.25, 0.3) is 0 Å². The molecule has 4 aromatic carbocycles. The van der Waals surface area contributed by atoms with E-state index in [4.69, 9.17) is 4.98 Å². The molecule has 4 nitrogen and oxygen atoms in total. The molecule has 4 saturated carbocycles. The molecule has 4 unspecified atom stereocenters. The van der Waals surface area contributed by atoms with Gasteiger partial charge in [0.05, 0.1) is 33.5 Å². The first-order valence-corrected chi connectivity index (χ1v) is 24.0. The van der Waals surface area contributed by atoms with Gasteiger partial charge >= 0.3 is 0 Å². The van der Waals surface area contributed by atoms with Crippen LogP contribution in [0.1, 0.15) is 127 Å². The molecular formula is C60H55N4+. The van der Waals surface area contributed by atoms with Crippen molar-refractivity contribution in [3.05, 3.63) is 166 Å². The van der Waals surface area contributed by atoms with Gasteiger partial charge in [0.1, 0.15) is 7.05 Å². The van der Waals surface area contributed by atoms with Crippen molar-refractivity contribution in [2.24, 2.45) is 18.9 Å². The molecule has 3 aromatic heterocycles. The van der Waals surface area contributed by atoms with Gasteiger partial charge in [-0.25, -0.2) is 4.98 Å². The third kappa shape index (κ3) is 6.64. The fourth-order valence-corrected chi connectivity index (χ4v) is 11.2. The fourth-order valence-electron chi connectivity index (χ4n) is 11.2. The summed E-state index contributed by atoms with van der Waals surface area (Å²) in [4.78, 5) is 13.6. The first-order chi connectivity index (χ1) is 31.5. The Hall–Kier alpha value is -6.52. The molecule has 0 spiro atoms. The molecule has 8 bridgehead atoms. The molecule has 4 aliphatic carbocycles. The Labute approximate surface area is 376 Å². The monoisotopic (exact) mass is 831 g/mol. The smallest absolute Gasteiger partial charge is 0.215 e. The van der Waals surface area contributed by atoms with Crippen molar-refractivity contribution < 1.29 is 4.57 Å². The molecule has 2 N–H and O–H groups in total. The minimum atomic E-state index is 0.665. The van der Waals surface area contributed by atoms with E-state index in [-0.39, 0.29) is 0 Å². The van der Waals surface area contributed by atoms with Crippen molar-refractivity contribution in [1.29, 1.82) is 0 Å². The zero-order valence-electron chi connectivity index (χ0n) is 37.2. The second-order valence-electron chi connectivity index (χ2n) is 19.8. The van der Waals surface area contributed by atoms with E-state index in [1.165, 1.54) is 112 Å². The lowest BCUT2D eigenvalue weighted by Gasteiger charge is -2.08. The molecule has 0 saturated heterocycles. The van der Waals surface area contributed by atoms with Crippen molar-refractivity contribution in [2.75, 3.05) is 0 Å². The number of nitrogens with one attached hydrogen (secondary N) is 2. The van der Waals surface area contributed by atoms with Gasteiger partial charge in [0, 0.05) is 34.3 Å². The van der Waals surface area contributed by atoms with Crippen molar-refractivity contribution >= 4 is 46.4 Å². The second kappa shape index (κ2) is 14.8. The average molecular weight is 832 g/mol. The topological polar surface area (TPSA) is 48.4 Å². The lowest BCUT2D eigenvalue weighted by atomic mass is 10.00. The minimum Gasteiger partial charge on any atom is -0.354 e. The summed E-state index contributed by atoms with van der Waals surface area (Å²) in [5.41, 5.74) is 23.7. The quantitative estimate of drug-likeness (QED) is 0.140. The summed E-state index contributed by atoms with van der Waals surface area (Å²) in [5, 5.41) is 0. The number of nitrogens with zero attached hydrogens (tertiary/aromatic N) is 2. The maximum absolute atomic E-state index is 5.60. The van der Waals surface area contributed by atoms with E-state index in [0.29, 0.717) is 23.7 Å². The molecule has 0 radical (unpaired) electrons. The highest BCUT2D eigenvalue weighted by molar-refractivity contribution is 5.99. The van der Waals surface area contributed by atoms with Crippen LogP contribution < -0.4 is 4.57 Å². The Bertz CT molecular complexity index is 3220. The number of hydrogen-bond acceptors (Lipinski definition) is 1. The van der Waals surface area contributed by atoms with Gasteiger partial charge in [-0.1, -0.05) is 117 Å². The number of aromatic nitrogens is 4. The lowest BCUT2D eigenvalue weighted by molar-refractivity contribution is -0.671. The normalized spacial score (nSPS) is 20.8. The van der Waals surface area contributed by atoms with E-state index in [1.54, 1.807) is 0 Å². The van der Waals surface area contributed by atoms with Crippen molar-refractivity contribution in [3.8, 4) is 44.5 Å². The number of fused-ring (bicyclic) bond motifs is 8. The summed E-state index contributed by atoms with van der Waals surface area (Å²) in [5.74, 6) is 4.31. The maximum Gasteiger partial charge on any atom is 0.215 e. The van der Waals surface area contributed by atoms with E-state index < -0.39 is 0 Å². The highest BCUT2D eigenvalue weighted by Gasteiger charge is 2.37. The molecule has 7 aromatic rings. The molecule has 13 rings (SSSR count). The summed E-state index contributed by atoms with van der Waals surface area (Å²) in [6.45, 7) is 4.69. The molecule has 6 aliphatic rings. The largest absolute Gasteiger partial charge is 0.354 e. The lowest BCUT2D eigenvalue weighted by Crippen LogP contribution is -2.33. The van der Waals surface area contributed by atoms with Gasteiger partial charge in [-0.05, 0) is 155 Å². The van der Waals surface area contributed by atoms with Crippen molar-refractivity contribution in [1.82, 2.24) is 15.0 Å². The number of rotatable bonds is 9. The third-order valence-corrected chi connectivity index (χ3v) is 15.5. The van der Waals surface area contributed by atoms with Crippen LogP contribution in [0.2, 0.25) is 0 Å². The zero-order valence-corrected chi connectivity index (χ0v) is 37.2. The van der Waals surface area contributed by atoms with Gasteiger partial charge in [-0.3, -0.25) is 0 Å². The Kier molecular flexibility index (Phi) is 8.77. The molecule has 64 heavy (non-hydrogen) atoms. The third-order valence-electron chi connectivity index (χ3n) is 15.5. The molecule has 5 heterocycles. The summed E-state index contributed by atoms with van der Waals surface area (Å²) in [6, 6.07) is 46.7. The summed E-state index contributed by atoms with van der Waals surface area (Å²) in [7, 11) is 2.25. The fraction of sp³-hybridized carbons (Fsp3) is 0.267. The molecule has 4 heteroatoms. The van der Waals surface area contributed by atoms with Crippen LogP contribution in [-0.2, 0) is 7.05 Å². The van der Waals surface area contributed by atoms with Crippen molar-refractivity contribution in [2.45, 2.75) is 82.5 Å². The van der Waals surface area contributed by atoms with E-state index in [0.717, 1.165) is 56.4 Å². The number of aromatic amines is 2. The Morgan fingerprint density at radius 1 is 0.469 bits per heavy atom. The zero-order chi connectivity index (χ0) is 42.6. The van der Waals surface area contributed by atoms with Crippen LogP contribution in [0, 0.1) is 11.8 Å². The second-order valence-corrected chi connectivity index (χ2v) is 19.8. The Morgan fingerprint density at radius 3 is 1.22 bits per heavy atom. The Balaban J connectivity index is 1.11. The van der Waals surface area contributed by atoms with E-state index in [2.05, 4.69) is 181 Å². The summed E-state index contributed by atoms with van der Waals surface area (Å²) in [6.07, 6.45) is 18.1. The molecule has 0 amide bonds. The maximum atomic E-state index is 5.60. The molecule has 2 aliphatic heterocycles. The van der Waals surface area contributed by atoms with Crippen LogP contribution in [0.3, 0.4) is 0 Å². The molecule has 4 atom stereocenters. The predicted octanol–water partition coefficient (Wildman–Crippen LogP) is 15.1. The van der Waals surface area contributed by atoms with Gasteiger partial charge in [-0.2, -0.15) is 4.57 Å². The summed E-state index contributed by atoms with van der Waals surface area (Å²) >= 11 is 0. The number of benzene rings is 4. The molecule has 314 valence electrons. The van der Waals surface area contributed by atoms with Crippen LogP contribution in [0.5, 0.6) is 0 Å². The summed E-state index contributed by atoms with van der Waals surface area (Å²) < 4.78 is 2.42. The van der Waals surface area contributed by atoms with Crippen LogP contribution >= 0.6 is 0 Å². The SMILES string of the molecule is CCC1CC1c1ccc(-c2c3[n+](C)c(c(-c4ccc(C5CC5)cc4)c4ccc([nH]4)c(-c4ccc(C5CC5C)cc4)c4nc(c(-c5ccc(C6CC6)cc5)c5ccc2[nH]5)C=C4)C=C3)cc1. The minimum absolute atomic E-state index is 0.665. The van der Waals surface area contributed by atoms with Crippen LogP contribution in [0.4, 0.5) is 0 Å². The van der Waals surface area contributed by atoms with Crippen LogP contribution in [0.25, 0.3) is 90.9 Å². The van der Waals surface area contributed by atoms with Gasteiger partial charge in [-0.15, -0.1) is 0 Å². The molecular weight excluding hydrogens is 777 g/mol. The Morgan fingerprint density at radius 2 is 0.844 bits per heavy atom. The highest BCUT2D eigenvalue weighted by atomic mass is 15.0. The van der Waals surface area contributed by atoms with Gasteiger partial charge in [0.15, 0.2) is 0 Å². The standard InChI is InChI=1S/C60H54N4/c1-4-36-34-48(36)42-15-23-46(24-16-42)60-54-30-27-51(62-54)57(43-17-9-39(10-18-43)37-5-6-37)49-25-26-50(61-49)58(44-21-13-41(14-22-44)47-33-35(47)2)52-28-29-53(63-52)59(55-31-32-56(60)64(55)3)45-19-11-40(12-20-45)38-7-8-38/h9-32,35-38,47-48H,4-8,33-34H2,1-3H3,(H,61,62,63)/p+1. The van der Waals surface area contributed by atoms with Crippen LogP contribution in [-0.4, -0.2) is 15.0 Å². The number of H-pyrrole nitrogens is 2. The predicted molar refractivity (Wildman–Crippen MR) is 266 cm³/mol. The van der Waals surface area contributed by atoms with Gasteiger partial charge in [0.2, 0.25) is 11.4 Å². The van der Waals surface area contributed by atoms with Crippen molar-refractivity contribution in [3.63, 3.8) is 0 Å².